The quantitative estimate of drug-likeness (QED) is 0.405. The summed E-state index contributed by atoms with van der Waals surface area (Å²) in [4.78, 5) is 11.2. The Labute approximate surface area is 170 Å². The fraction of sp³-hybridized carbons (Fsp3) is 0.455. The van der Waals surface area contributed by atoms with Crippen molar-refractivity contribution in [1.82, 2.24) is 0 Å². The van der Waals surface area contributed by atoms with Gasteiger partial charge in [-0.1, -0.05) is 12.1 Å². The van der Waals surface area contributed by atoms with Gasteiger partial charge in [0.25, 0.3) is 0 Å². The van der Waals surface area contributed by atoms with Gasteiger partial charge in [-0.25, -0.2) is 0 Å². The predicted octanol–water partition coefficient (Wildman–Crippen LogP) is 5.04. The normalized spacial score (nSPS) is 16.4. The molecule has 0 aliphatic carbocycles. The van der Waals surface area contributed by atoms with E-state index in [1.165, 1.54) is 0 Å². The lowest BCUT2D eigenvalue weighted by Gasteiger charge is -2.31. The fourth-order valence-corrected chi connectivity index (χ4v) is 3.70. The van der Waals surface area contributed by atoms with Gasteiger partial charge in [0, 0.05) is 33.1 Å². The van der Waals surface area contributed by atoms with E-state index in [1.807, 2.05) is 24.3 Å². The van der Waals surface area contributed by atoms with Crippen molar-refractivity contribution in [1.29, 1.82) is 0 Å². The molecule has 0 saturated carbocycles. The van der Waals surface area contributed by atoms with E-state index in [2.05, 4.69) is 0 Å². The molecule has 4 bridgehead atoms. The summed E-state index contributed by atoms with van der Waals surface area (Å²) in [5, 5.41) is 11.6. The van der Waals surface area contributed by atoms with Crippen molar-refractivity contribution < 1.29 is 23.9 Å². The predicted molar refractivity (Wildman–Crippen MR) is 109 cm³/mol. The molecule has 7 nitrogen and oxygen atoms in total. The number of hydrogen-bond donors (Lipinski definition) is 0. The Kier molecular flexibility index (Phi) is 6.71. The molecule has 0 unspecified atom stereocenters. The molecule has 2 aliphatic rings. The number of hydrogen-bond acceptors (Lipinski definition) is 6. The van der Waals surface area contributed by atoms with Gasteiger partial charge in [0.1, 0.15) is 0 Å². The zero-order valence-corrected chi connectivity index (χ0v) is 17.1. The number of rotatable bonds is 4. The maximum atomic E-state index is 11.6. The average molecular weight is 401 g/mol. The minimum Gasteiger partial charge on any atom is -0.493 e. The maximum absolute atomic E-state index is 11.6. The van der Waals surface area contributed by atoms with Crippen LogP contribution in [0.1, 0.15) is 36.8 Å². The van der Waals surface area contributed by atoms with Crippen LogP contribution < -0.4 is 9.47 Å². The molecule has 0 spiro atoms. The number of nitro benzene ring substituents is 1. The third-order valence-electron chi connectivity index (χ3n) is 5.48. The Morgan fingerprint density at radius 3 is 2.34 bits per heavy atom. The molecule has 0 amide bonds. The average Bonchev–Trinajstić information content (AvgIpc) is 2.74. The molecule has 7 heteroatoms. The summed E-state index contributed by atoms with van der Waals surface area (Å²) in [6, 6.07) is 10.7. The molecule has 2 heterocycles. The molecule has 0 fully saturated rings. The van der Waals surface area contributed by atoms with Crippen molar-refractivity contribution in [3.05, 3.63) is 57.6 Å². The molecule has 156 valence electrons. The number of nitrogens with zero attached hydrogens (tertiary/aromatic N) is 1. The minimum absolute atomic E-state index is 0.0482. The van der Waals surface area contributed by atoms with Crippen LogP contribution in [-0.4, -0.2) is 32.0 Å². The van der Waals surface area contributed by atoms with Crippen LogP contribution in [0.5, 0.6) is 17.2 Å². The van der Waals surface area contributed by atoms with Crippen molar-refractivity contribution in [3.8, 4) is 17.2 Å². The number of methoxy groups -OCH3 is 3. The maximum Gasteiger partial charge on any atom is 0.311 e. The van der Waals surface area contributed by atoms with Gasteiger partial charge in [-0.3, -0.25) is 10.1 Å². The lowest BCUT2D eigenvalue weighted by molar-refractivity contribution is -0.385. The van der Waals surface area contributed by atoms with Crippen molar-refractivity contribution in [2.24, 2.45) is 0 Å². The summed E-state index contributed by atoms with van der Waals surface area (Å²) in [6.07, 6.45) is 4.66. The molecule has 0 atom stereocenters. The Morgan fingerprint density at radius 2 is 1.66 bits per heavy atom. The first kappa shape index (κ1) is 21.1. The van der Waals surface area contributed by atoms with Crippen LogP contribution in [0.4, 0.5) is 5.69 Å². The molecule has 0 radical (unpaired) electrons. The fourth-order valence-electron chi connectivity index (χ4n) is 3.70. The summed E-state index contributed by atoms with van der Waals surface area (Å²) in [7, 11) is 4.88. The number of aryl methyl sites for hydroxylation is 2. The second-order valence-electron chi connectivity index (χ2n) is 7.17. The molecule has 2 aliphatic heterocycles. The van der Waals surface area contributed by atoms with Gasteiger partial charge in [-0.2, -0.15) is 0 Å². The van der Waals surface area contributed by atoms with Crippen LogP contribution in [0.2, 0.25) is 0 Å². The molecular weight excluding hydrogens is 374 g/mol. The molecule has 4 rings (SSSR count). The van der Waals surface area contributed by atoms with Crippen molar-refractivity contribution in [2.45, 2.75) is 44.3 Å². The van der Waals surface area contributed by atoms with E-state index >= 15 is 0 Å². The van der Waals surface area contributed by atoms with Crippen LogP contribution in [0, 0.1) is 10.1 Å². The van der Waals surface area contributed by atoms with Gasteiger partial charge in [-0.05, 0) is 55.0 Å². The summed E-state index contributed by atoms with van der Waals surface area (Å²) in [5.74, 6) is 0.501. The highest BCUT2D eigenvalue weighted by atomic mass is 16.7. The Balaban J connectivity index is 2.04. The van der Waals surface area contributed by atoms with Crippen LogP contribution >= 0.6 is 0 Å². The zero-order chi connectivity index (χ0) is 20.9. The van der Waals surface area contributed by atoms with E-state index in [0.717, 1.165) is 36.8 Å². The van der Waals surface area contributed by atoms with E-state index in [9.17, 15) is 10.1 Å². The first-order valence-corrected chi connectivity index (χ1v) is 9.72. The van der Waals surface area contributed by atoms with Gasteiger partial charge in [-0.15, -0.1) is 0 Å². The second-order valence-corrected chi connectivity index (χ2v) is 7.17. The van der Waals surface area contributed by atoms with Gasteiger partial charge >= 0.3 is 5.69 Å². The first-order chi connectivity index (χ1) is 14.0. The van der Waals surface area contributed by atoms with Crippen LogP contribution in [0.15, 0.2) is 36.4 Å². The third kappa shape index (κ3) is 4.86. The van der Waals surface area contributed by atoms with Crippen LogP contribution in [0.25, 0.3) is 0 Å². The lowest BCUT2D eigenvalue weighted by Crippen LogP contribution is -2.34. The van der Waals surface area contributed by atoms with Gasteiger partial charge in [0.05, 0.1) is 12.0 Å². The third-order valence-corrected chi connectivity index (χ3v) is 5.48. The van der Waals surface area contributed by atoms with Crippen molar-refractivity contribution in [3.63, 3.8) is 0 Å². The van der Waals surface area contributed by atoms with Crippen LogP contribution in [0.3, 0.4) is 0 Å². The first-order valence-electron chi connectivity index (χ1n) is 9.72. The molecule has 0 saturated heterocycles. The number of benzene rings is 2. The molecule has 29 heavy (non-hydrogen) atoms. The summed E-state index contributed by atoms with van der Waals surface area (Å²) in [5.41, 5.74) is 1.86. The largest absolute Gasteiger partial charge is 0.493 e. The van der Waals surface area contributed by atoms with E-state index in [-0.39, 0.29) is 11.4 Å². The minimum atomic E-state index is -0.656. The van der Waals surface area contributed by atoms with E-state index < -0.39 is 10.7 Å². The number of fused-ring (bicyclic) bond motifs is 8. The summed E-state index contributed by atoms with van der Waals surface area (Å²) < 4.78 is 22.8. The Morgan fingerprint density at radius 1 is 0.931 bits per heavy atom. The summed E-state index contributed by atoms with van der Waals surface area (Å²) >= 11 is 0. The molecule has 0 aromatic heterocycles. The Hall–Kier alpha value is -2.64. The molecule has 2 aromatic carbocycles. The lowest BCUT2D eigenvalue weighted by atomic mass is 9.97. The SMILES string of the molecule is COc1ccc2cc1Oc1ccc(cc1[N+](=O)[O-])CCCCC(OC)(OC)CC2. The highest BCUT2D eigenvalue weighted by Crippen LogP contribution is 2.38. The smallest absolute Gasteiger partial charge is 0.311 e. The van der Waals surface area contributed by atoms with Gasteiger partial charge in [0.2, 0.25) is 5.75 Å². The summed E-state index contributed by atoms with van der Waals surface area (Å²) in [6.45, 7) is 0. The monoisotopic (exact) mass is 401 g/mol. The van der Waals surface area contributed by atoms with E-state index in [0.29, 0.717) is 24.3 Å². The second kappa shape index (κ2) is 9.24. The number of ether oxygens (including phenoxy) is 4. The zero-order valence-electron chi connectivity index (χ0n) is 17.1. The Bertz CT molecular complexity index is 862. The topological polar surface area (TPSA) is 80.1 Å². The highest BCUT2D eigenvalue weighted by Gasteiger charge is 2.29. The standard InChI is InChI=1S/C22H27NO6/c1-26-20-10-8-17-11-13-22(27-2,28-3)12-5-4-6-16-7-9-19(29-21(20)15-17)18(14-16)23(24)25/h7-10,14-15H,4-6,11-13H2,1-3H3. The number of nitro groups is 1. The van der Waals surface area contributed by atoms with Crippen molar-refractivity contribution in [2.75, 3.05) is 21.3 Å². The molecule has 0 N–H and O–H groups in total. The van der Waals surface area contributed by atoms with E-state index in [1.54, 1.807) is 33.5 Å². The van der Waals surface area contributed by atoms with Crippen LogP contribution in [-0.2, 0) is 22.3 Å². The van der Waals surface area contributed by atoms with E-state index in [4.69, 9.17) is 18.9 Å². The molecule has 2 aromatic rings. The highest BCUT2D eigenvalue weighted by molar-refractivity contribution is 5.53. The van der Waals surface area contributed by atoms with Gasteiger partial charge < -0.3 is 18.9 Å². The van der Waals surface area contributed by atoms with Gasteiger partial charge in [0.15, 0.2) is 17.3 Å². The van der Waals surface area contributed by atoms with Crippen molar-refractivity contribution >= 4 is 5.69 Å². The molecular formula is C22H27NO6.